The molecule has 0 bridgehead atoms. The molecule has 0 unspecified atom stereocenters. The van der Waals surface area contributed by atoms with Gasteiger partial charge in [-0.15, -0.1) is 0 Å². The van der Waals surface area contributed by atoms with Gasteiger partial charge in [-0.1, -0.05) is 0 Å². The lowest BCUT2D eigenvalue weighted by Gasteiger charge is -2.43. The molecular weight excluding hydrogens is 683 g/mol. The van der Waals surface area contributed by atoms with E-state index >= 15 is 17.6 Å². The zero-order chi connectivity index (χ0) is 37.3. The normalized spacial score (nSPS) is 18.7. The number of anilines is 1. The van der Waals surface area contributed by atoms with Crippen LogP contribution in [-0.4, -0.2) is 86.8 Å². The molecule has 272 valence electrons. The summed E-state index contributed by atoms with van der Waals surface area (Å²) in [7, 11) is 3.88. The number of likely N-dealkylation sites (N-methyl/N-ethyl adjacent to an activating group) is 1. The van der Waals surface area contributed by atoms with Gasteiger partial charge in [0.2, 0.25) is 0 Å². The SMILES string of the molecule is CN(C)C1CN(c2nc3c(F)c(-c4ccc(F)c5cccnc45)c(C(F)(F)F)cc3c3c2ncn3[C@H]2CCN(C(=O)OC(C)(C)C)[C@H](CC#N)C2)C1. The standard InChI is InChI=1S/C37H37F5N8O2/c1-36(2,3)52-35(51)49-14-11-21(15-20(49)10-12-43)50-19-45-32-33(50)25-16-26(37(40,41)42)28(24-8-9-27(38)23-7-6-13-44-30(23)24)29(39)31(25)46-34(32)48-17-22(18-48)47(4)5/h6-9,13,16,19-22H,10-11,14-15,17-18H2,1-5H3/t20-,21+/m1/s1. The van der Waals surface area contributed by atoms with Gasteiger partial charge in [0.1, 0.15) is 22.5 Å². The minimum Gasteiger partial charge on any atom is -0.444 e. The third-order valence-corrected chi connectivity index (χ3v) is 9.94. The molecule has 0 aliphatic carbocycles. The van der Waals surface area contributed by atoms with Gasteiger partial charge in [0.15, 0.2) is 11.6 Å². The highest BCUT2D eigenvalue weighted by molar-refractivity contribution is 6.10. The molecule has 5 heterocycles. The first-order valence-electron chi connectivity index (χ1n) is 17.0. The number of fused-ring (bicyclic) bond motifs is 4. The fourth-order valence-corrected chi connectivity index (χ4v) is 7.30. The first-order valence-corrected chi connectivity index (χ1v) is 17.0. The molecule has 0 spiro atoms. The minimum atomic E-state index is -5.03. The van der Waals surface area contributed by atoms with Crippen molar-refractivity contribution >= 4 is 44.8 Å². The Hall–Kier alpha value is -5.10. The second-order valence-corrected chi connectivity index (χ2v) is 14.7. The Morgan fingerprint density at radius 3 is 2.48 bits per heavy atom. The van der Waals surface area contributed by atoms with E-state index < -0.39 is 52.7 Å². The number of halogens is 5. The first kappa shape index (κ1) is 35.3. The Kier molecular flexibility index (Phi) is 8.72. The van der Waals surface area contributed by atoms with Gasteiger partial charge in [-0.2, -0.15) is 18.4 Å². The molecule has 2 aliphatic rings. The Labute approximate surface area is 296 Å². The average molecular weight is 721 g/mol. The maximum absolute atomic E-state index is 17.2. The number of hydrogen-bond acceptors (Lipinski definition) is 8. The lowest BCUT2D eigenvalue weighted by atomic mass is 9.93. The predicted octanol–water partition coefficient (Wildman–Crippen LogP) is 7.70. The topological polar surface area (TPSA) is 103 Å². The van der Waals surface area contributed by atoms with Crippen molar-refractivity contribution < 1.29 is 31.5 Å². The highest BCUT2D eigenvalue weighted by Gasteiger charge is 2.40. The van der Waals surface area contributed by atoms with Crippen LogP contribution in [0.25, 0.3) is 44.0 Å². The molecule has 1 amide bonds. The molecule has 15 heteroatoms. The van der Waals surface area contributed by atoms with E-state index in [1.54, 1.807) is 25.3 Å². The number of pyridine rings is 2. The van der Waals surface area contributed by atoms with Crippen LogP contribution in [0.1, 0.15) is 51.6 Å². The Morgan fingerprint density at radius 2 is 1.81 bits per heavy atom. The van der Waals surface area contributed by atoms with E-state index in [1.165, 1.54) is 29.6 Å². The molecule has 2 aliphatic heterocycles. The molecule has 0 N–H and O–H groups in total. The number of carbonyl (C=O) groups is 1. The summed E-state index contributed by atoms with van der Waals surface area (Å²) in [6.45, 7) is 6.54. The van der Waals surface area contributed by atoms with Crippen molar-refractivity contribution in [2.75, 3.05) is 38.6 Å². The third kappa shape index (κ3) is 6.12. The number of amides is 1. The molecule has 10 nitrogen and oxygen atoms in total. The fraction of sp³-hybridized carbons (Fsp3) is 0.432. The molecule has 0 radical (unpaired) electrons. The molecule has 0 saturated carbocycles. The highest BCUT2D eigenvalue weighted by Crippen LogP contribution is 2.46. The van der Waals surface area contributed by atoms with E-state index in [1.807, 2.05) is 23.9 Å². The van der Waals surface area contributed by atoms with Crippen LogP contribution in [0.2, 0.25) is 0 Å². The molecule has 2 atom stereocenters. The Balaban J connectivity index is 1.45. The van der Waals surface area contributed by atoms with Crippen LogP contribution in [0.15, 0.2) is 42.9 Å². The summed E-state index contributed by atoms with van der Waals surface area (Å²) in [4.78, 5) is 32.1. The average Bonchev–Trinajstić information content (AvgIpc) is 3.49. The number of piperidine rings is 1. The van der Waals surface area contributed by atoms with E-state index in [0.717, 1.165) is 18.2 Å². The lowest BCUT2D eigenvalue weighted by Crippen LogP contribution is -2.57. The summed E-state index contributed by atoms with van der Waals surface area (Å²) < 4.78 is 84.5. The predicted molar refractivity (Wildman–Crippen MR) is 186 cm³/mol. The molecule has 52 heavy (non-hydrogen) atoms. The number of imidazole rings is 1. The van der Waals surface area contributed by atoms with Crippen LogP contribution >= 0.6 is 0 Å². The van der Waals surface area contributed by atoms with Crippen molar-refractivity contribution in [1.29, 1.82) is 5.26 Å². The molecule has 3 aromatic heterocycles. The number of hydrogen-bond donors (Lipinski definition) is 0. The van der Waals surface area contributed by atoms with Gasteiger partial charge >= 0.3 is 12.3 Å². The van der Waals surface area contributed by atoms with Crippen LogP contribution in [0.3, 0.4) is 0 Å². The van der Waals surface area contributed by atoms with Crippen LogP contribution in [0, 0.1) is 23.0 Å². The molecule has 7 rings (SSSR count). The molecule has 2 fully saturated rings. The van der Waals surface area contributed by atoms with Crippen molar-refractivity contribution in [3.8, 4) is 17.2 Å². The largest absolute Gasteiger partial charge is 0.444 e. The molecular formula is C37H37F5N8O2. The maximum Gasteiger partial charge on any atom is 0.417 e. The first-order chi connectivity index (χ1) is 24.6. The van der Waals surface area contributed by atoms with Gasteiger partial charge < -0.3 is 24.0 Å². The number of nitriles is 1. The van der Waals surface area contributed by atoms with Gasteiger partial charge in [-0.3, -0.25) is 4.98 Å². The number of aromatic nitrogens is 4. The number of rotatable bonds is 5. The van der Waals surface area contributed by atoms with Gasteiger partial charge in [-0.25, -0.2) is 23.5 Å². The number of alkyl halides is 3. The van der Waals surface area contributed by atoms with E-state index in [-0.39, 0.29) is 58.3 Å². The Bertz CT molecular complexity index is 2250. The van der Waals surface area contributed by atoms with Crippen molar-refractivity contribution in [3.63, 3.8) is 0 Å². The van der Waals surface area contributed by atoms with E-state index in [4.69, 9.17) is 4.74 Å². The van der Waals surface area contributed by atoms with Crippen molar-refractivity contribution in [2.24, 2.45) is 0 Å². The van der Waals surface area contributed by atoms with Crippen molar-refractivity contribution in [3.05, 3.63) is 60.1 Å². The van der Waals surface area contributed by atoms with Gasteiger partial charge in [0, 0.05) is 65.9 Å². The van der Waals surface area contributed by atoms with E-state index in [0.29, 0.717) is 30.8 Å². The lowest BCUT2D eigenvalue weighted by molar-refractivity contribution is -0.137. The number of benzene rings is 2. The van der Waals surface area contributed by atoms with Gasteiger partial charge in [0.25, 0.3) is 0 Å². The monoisotopic (exact) mass is 720 g/mol. The number of likely N-dealkylation sites (tertiary alicyclic amines) is 1. The molecule has 5 aromatic rings. The third-order valence-electron chi connectivity index (χ3n) is 9.94. The number of carbonyl (C=O) groups excluding carboxylic acids is 1. The van der Waals surface area contributed by atoms with Gasteiger partial charge in [-0.05, 0) is 78.0 Å². The van der Waals surface area contributed by atoms with E-state index in [2.05, 4.69) is 21.0 Å². The van der Waals surface area contributed by atoms with Crippen LogP contribution in [-0.2, 0) is 10.9 Å². The minimum absolute atomic E-state index is 0.00546. The second-order valence-electron chi connectivity index (χ2n) is 14.7. The maximum atomic E-state index is 17.2. The van der Waals surface area contributed by atoms with Crippen molar-refractivity contribution in [2.45, 2.75) is 69.9 Å². The van der Waals surface area contributed by atoms with Crippen LogP contribution < -0.4 is 4.90 Å². The van der Waals surface area contributed by atoms with E-state index in [9.17, 15) is 14.4 Å². The number of nitrogens with zero attached hydrogens (tertiary/aromatic N) is 8. The Morgan fingerprint density at radius 1 is 1.06 bits per heavy atom. The van der Waals surface area contributed by atoms with Crippen LogP contribution in [0.5, 0.6) is 0 Å². The summed E-state index contributed by atoms with van der Waals surface area (Å²) >= 11 is 0. The molecule has 2 saturated heterocycles. The van der Waals surface area contributed by atoms with Crippen LogP contribution in [0.4, 0.5) is 32.6 Å². The summed E-state index contributed by atoms with van der Waals surface area (Å²) in [6, 6.07) is 7.19. The second kappa shape index (κ2) is 12.8. The summed E-state index contributed by atoms with van der Waals surface area (Å²) in [6.07, 6.45) is -2.09. The smallest absolute Gasteiger partial charge is 0.417 e. The quantitative estimate of drug-likeness (QED) is 0.170. The molecule has 2 aromatic carbocycles. The highest BCUT2D eigenvalue weighted by atomic mass is 19.4. The zero-order valence-corrected chi connectivity index (χ0v) is 29.3. The fourth-order valence-electron chi connectivity index (χ4n) is 7.30. The van der Waals surface area contributed by atoms with Crippen molar-refractivity contribution in [1.82, 2.24) is 29.3 Å². The van der Waals surface area contributed by atoms with Gasteiger partial charge in [0.05, 0.1) is 35.4 Å². The zero-order valence-electron chi connectivity index (χ0n) is 29.3. The number of ether oxygens (including phenoxy) is 1. The summed E-state index contributed by atoms with van der Waals surface area (Å²) in [5.74, 6) is -1.59. The summed E-state index contributed by atoms with van der Waals surface area (Å²) in [5, 5.41) is 9.53. The summed E-state index contributed by atoms with van der Waals surface area (Å²) in [5.41, 5.74) is -2.86.